The van der Waals surface area contributed by atoms with E-state index in [1.54, 1.807) is 30.6 Å². The highest BCUT2D eigenvalue weighted by Crippen LogP contribution is 2.36. The Morgan fingerprint density at radius 2 is 1.84 bits per heavy atom. The van der Waals surface area contributed by atoms with Gasteiger partial charge in [-0.1, -0.05) is 30.3 Å². The van der Waals surface area contributed by atoms with Gasteiger partial charge in [0, 0.05) is 36.7 Å². The monoisotopic (exact) mass is 434 g/mol. The molecule has 31 heavy (non-hydrogen) atoms. The normalized spacial score (nSPS) is 10.9. The first kappa shape index (κ1) is 20.8. The first-order valence-corrected chi connectivity index (χ1v) is 10.7. The van der Waals surface area contributed by atoms with E-state index in [4.69, 9.17) is 4.74 Å². The number of anilines is 1. The van der Waals surface area contributed by atoms with Crippen LogP contribution < -0.4 is 10.6 Å². The van der Waals surface area contributed by atoms with Gasteiger partial charge in [-0.2, -0.15) is 0 Å². The summed E-state index contributed by atoms with van der Waals surface area (Å²) in [4.78, 5) is 22.4. The molecule has 158 valence electrons. The second kappa shape index (κ2) is 9.55. The Balaban J connectivity index is 1.52. The van der Waals surface area contributed by atoms with Crippen LogP contribution in [0.4, 0.5) is 5.82 Å². The van der Waals surface area contributed by atoms with Gasteiger partial charge in [0.1, 0.15) is 23.0 Å². The van der Waals surface area contributed by atoms with E-state index in [0.29, 0.717) is 31.1 Å². The van der Waals surface area contributed by atoms with E-state index in [0.717, 1.165) is 27.2 Å². The summed E-state index contributed by atoms with van der Waals surface area (Å²) in [5.74, 6) is 1.25. The third-order valence-electron chi connectivity index (χ3n) is 4.67. The second-order valence-corrected chi connectivity index (χ2v) is 7.70. The van der Waals surface area contributed by atoms with E-state index in [1.165, 1.54) is 12.1 Å². The molecule has 0 unspecified atom stereocenters. The number of carbonyl (C=O) groups is 1. The zero-order valence-corrected chi connectivity index (χ0v) is 17.8. The van der Waals surface area contributed by atoms with Crippen molar-refractivity contribution in [2.75, 3.05) is 25.5 Å². The number of phenolic OH excluding ortho intramolecular Hbond substituents is 1. The van der Waals surface area contributed by atoms with E-state index >= 15 is 0 Å². The maximum absolute atomic E-state index is 12.3. The van der Waals surface area contributed by atoms with Gasteiger partial charge in [-0.05, 0) is 29.8 Å². The summed E-state index contributed by atoms with van der Waals surface area (Å²) >= 11 is 1.57. The Morgan fingerprint density at radius 3 is 2.58 bits per heavy atom. The fraction of sp³-hybridized carbons (Fsp3) is 0.174. The van der Waals surface area contributed by atoms with Crippen LogP contribution in [0, 0.1) is 0 Å². The Morgan fingerprint density at radius 1 is 1.06 bits per heavy atom. The van der Waals surface area contributed by atoms with Crippen molar-refractivity contribution in [3.8, 4) is 16.9 Å². The van der Waals surface area contributed by atoms with Crippen LogP contribution in [0.25, 0.3) is 21.3 Å². The van der Waals surface area contributed by atoms with Crippen LogP contribution in [0.5, 0.6) is 5.75 Å². The molecule has 4 rings (SSSR count). The van der Waals surface area contributed by atoms with E-state index < -0.39 is 0 Å². The molecular weight excluding hydrogens is 412 g/mol. The number of hydrogen-bond acceptors (Lipinski definition) is 7. The first-order valence-electron chi connectivity index (χ1n) is 9.79. The molecule has 0 aliphatic heterocycles. The summed E-state index contributed by atoms with van der Waals surface area (Å²) in [5, 5.41) is 18.6. The maximum atomic E-state index is 12.3. The number of phenols is 1. The molecule has 1 amide bonds. The number of benzene rings is 2. The number of aromatic nitrogens is 2. The Hall–Kier alpha value is -3.49. The van der Waals surface area contributed by atoms with Crippen molar-refractivity contribution in [2.45, 2.75) is 6.61 Å². The molecule has 0 saturated carbocycles. The predicted molar refractivity (Wildman–Crippen MR) is 122 cm³/mol. The molecule has 0 aliphatic carbocycles. The summed E-state index contributed by atoms with van der Waals surface area (Å²) in [5.41, 5.74) is 2.66. The second-order valence-electron chi connectivity index (χ2n) is 6.85. The van der Waals surface area contributed by atoms with Crippen LogP contribution in [-0.2, 0) is 11.3 Å². The van der Waals surface area contributed by atoms with Crippen LogP contribution >= 0.6 is 11.3 Å². The number of ether oxygens (including phenoxy) is 1. The van der Waals surface area contributed by atoms with E-state index in [2.05, 4.69) is 38.1 Å². The number of thiophene rings is 1. The molecule has 8 heteroatoms. The first-order chi connectivity index (χ1) is 15.2. The molecule has 3 N–H and O–H groups in total. The fourth-order valence-electron chi connectivity index (χ4n) is 3.21. The lowest BCUT2D eigenvalue weighted by Crippen LogP contribution is -2.29. The van der Waals surface area contributed by atoms with Crippen LogP contribution in [0.1, 0.15) is 16.2 Å². The van der Waals surface area contributed by atoms with Gasteiger partial charge >= 0.3 is 0 Å². The smallest absolute Gasteiger partial charge is 0.251 e. The number of amides is 1. The molecule has 0 spiro atoms. The minimum Gasteiger partial charge on any atom is -0.508 e. The van der Waals surface area contributed by atoms with E-state index in [-0.39, 0.29) is 11.7 Å². The van der Waals surface area contributed by atoms with Crippen molar-refractivity contribution >= 4 is 33.3 Å². The molecule has 0 bridgehead atoms. The summed E-state index contributed by atoms with van der Waals surface area (Å²) < 4.78 is 5.21. The molecule has 2 aromatic carbocycles. The van der Waals surface area contributed by atoms with Gasteiger partial charge in [-0.3, -0.25) is 4.79 Å². The van der Waals surface area contributed by atoms with Gasteiger partial charge in [-0.15, -0.1) is 11.3 Å². The predicted octanol–water partition coefficient (Wildman–Crippen LogP) is 4.05. The van der Waals surface area contributed by atoms with Crippen molar-refractivity contribution < 1.29 is 14.6 Å². The van der Waals surface area contributed by atoms with Crippen molar-refractivity contribution in [3.63, 3.8) is 0 Å². The number of rotatable bonds is 8. The average Bonchev–Trinajstić information content (AvgIpc) is 3.22. The van der Waals surface area contributed by atoms with Crippen molar-refractivity contribution in [3.05, 3.63) is 71.4 Å². The molecule has 0 saturated heterocycles. The summed E-state index contributed by atoms with van der Waals surface area (Å²) in [7, 11) is 1.61. The molecule has 4 aromatic rings. The van der Waals surface area contributed by atoms with Crippen LogP contribution in [0.2, 0.25) is 0 Å². The van der Waals surface area contributed by atoms with Crippen LogP contribution in [0.15, 0.2) is 60.0 Å². The highest BCUT2D eigenvalue weighted by Gasteiger charge is 2.15. The highest BCUT2D eigenvalue weighted by molar-refractivity contribution is 7.17. The Labute approximate surface area is 183 Å². The molecular formula is C23H22N4O3S. The summed E-state index contributed by atoms with van der Waals surface area (Å²) in [6, 6.07) is 16.3. The topological polar surface area (TPSA) is 96.4 Å². The molecule has 2 aromatic heterocycles. The highest BCUT2D eigenvalue weighted by atomic mass is 32.1. The van der Waals surface area contributed by atoms with Gasteiger partial charge in [0.2, 0.25) is 0 Å². The largest absolute Gasteiger partial charge is 0.508 e. The number of nitrogens with one attached hydrogen (secondary N) is 2. The lowest BCUT2D eigenvalue weighted by molar-refractivity contribution is 0.0955. The molecule has 7 nitrogen and oxygen atoms in total. The molecule has 0 fully saturated rings. The number of methoxy groups -OCH3 is 1. The zero-order valence-electron chi connectivity index (χ0n) is 17.0. The minimum absolute atomic E-state index is 0.128. The van der Waals surface area contributed by atoms with E-state index in [1.807, 2.05) is 18.2 Å². The van der Waals surface area contributed by atoms with Crippen LogP contribution in [-0.4, -0.2) is 41.2 Å². The maximum Gasteiger partial charge on any atom is 0.251 e. The molecule has 0 atom stereocenters. The summed E-state index contributed by atoms with van der Waals surface area (Å²) in [6.45, 7) is 1.23. The number of fused-ring (bicyclic) bond motifs is 1. The van der Waals surface area contributed by atoms with Gasteiger partial charge in [0.25, 0.3) is 5.91 Å². The molecule has 2 heterocycles. The standard InChI is InChI=1S/C23H22N4O3S/c1-30-13-19-26-21(24-11-12-25-22(29)16-7-9-17(28)10-8-16)20-18(14-31-23(20)27-19)15-5-3-2-4-6-15/h2-10,14,28H,11-13H2,1H3,(H,25,29)(H,24,26,27). The minimum atomic E-state index is -0.199. The number of carbonyl (C=O) groups excluding carboxylic acids is 1. The fourth-order valence-corrected chi connectivity index (χ4v) is 4.18. The molecule has 0 radical (unpaired) electrons. The van der Waals surface area contributed by atoms with E-state index in [9.17, 15) is 9.90 Å². The third kappa shape index (κ3) is 4.82. The van der Waals surface area contributed by atoms with Gasteiger partial charge in [0.15, 0.2) is 5.82 Å². The van der Waals surface area contributed by atoms with Crippen molar-refractivity contribution in [1.82, 2.24) is 15.3 Å². The lowest BCUT2D eigenvalue weighted by atomic mass is 10.1. The lowest BCUT2D eigenvalue weighted by Gasteiger charge is -2.11. The Kier molecular flexibility index (Phi) is 6.40. The average molecular weight is 435 g/mol. The van der Waals surface area contributed by atoms with Crippen LogP contribution in [0.3, 0.4) is 0 Å². The SMILES string of the molecule is COCc1nc(NCCNC(=O)c2ccc(O)cc2)c2c(-c3ccccc3)csc2n1. The van der Waals surface area contributed by atoms with Crippen molar-refractivity contribution in [1.29, 1.82) is 0 Å². The van der Waals surface area contributed by atoms with Gasteiger partial charge in [0.05, 0.1) is 5.39 Å². The third-order valence-corrected chi connectivity index (χ3v) is 5.54. The van der Waals surface area contributed by atoms with Gasteiger partial charge < -0.3 is 20.5 Å². The number of nitrogens with zero attached hydrogens (tertiary/aromatic N) is 2. The van der Waals surface area contributed by atoms with Crippen molar-refractivity contribution in [2.24, 2.45) is 0 Å². The zero-order chi connectivity index (χ0) is 21.6. The summed E-state index contributed by atoms with van der Waals surface area (Å²) in [6.07, 6.45) is 0. The Bertz CT molecular complexity index is 1180. The number of aromatic hydroxyl groups is 1. The molecule has 0 aliphatic rings. The quantitative estimate of drug-likeness (QED) is 0.362. The number of hydrogen-bond donors (Lipinski definition) is 3. The van der Waals surface area contributed by atoms with Gasteiger partial charge in [-0.25, -0.2) is 9.97 Å².